The molecule has 1 aliphatic rings. The van der Waals surface area contributed by atoms with Gasteiger partial charge in [0.1, 0.15) is 0 Å². The fourth-order valence-electron chi connectivity index (χ4n) is 2.88. The van der Waals surface area contributed by atoms with Gasteiger partial charge in [0.25, 0.3) is 5.69 Å². The average molecular weight is 378 g/mol. The normalized spacial score (nSPS) is 20.2. The fourth-order valence-corrected chi connectivity index (χ4v) is 4.64. The molecule has 1 aliphatic heterocycles. The Morgan fingerprint density at radius 3 is 2.46 bits per heavy atom. The number of halogens is 1. The second-order valence-corrected chi connectivity index (χ2v) is 8.19. The molecule has 0 spiro atoms. The number of aryl methyl sites for hydroxylation is 2. The van der Waals surface area contributed by atoms with Gasteiger partial charge in [0, 0.05) is 25.2 Å². The number of benzene rings is 1. The van der Waals surface area contributed by atoms with Crippen LogP contribution in [0.5, 0.6) is 0 Å². The lowest BCUT2D eigenvalue weighted by Gasteiger charge is -2.33. The molecular formula is C15H24ClN3O4S. The number of nitrogens with zero attached hydrogens (tertiary/aromatic N) is 2. The summed E-state index contributed by atoms with van der Waals surface area (Å²) >= 11 is 0. The van der Waals surface area contributed by atoms with Crippen LogP contribution in [0.4, 0.5) is 5.69 Å². The van der Waals surface area contributed by atoms with Crippen LogP contribution < -0.4 is 5.73 Å². The van der Waals surface area contributed by atoms with E-state index in [-0.39, 0.29) is 34.9 Å². The van der Waals surface area contributed by atoms with Gasteiger partial charge in [-0.15, -0.1) is 12.4 Å². The Hall–Kier alpha value is -1.22. The second-order valence-electron chi connectivity index (χ2n) is 6.29. The first-order valence-electron chi connectivity index (χ1n) is 7.66. The Kier molecular flexibility index (Phi) is 6.75. The van der Waals surface area contributed by atoms with Crippen molar-refractivity contribution in [3.63, 3.8) is 0 Å². The van der Waals surface area contributed by atoms with Gasteiger partial charge in [-0.3, -0.25) is 10.1 Å². The molecule has 1 fully saturated rings. The third-order valence-electron chi connectivity index (χ3n) is 4.55. The van der Waals surface area contributed by atoms with Crippen LogP contribution in [0.2, 0.25) is 0 Å². The molecule has 0 saturated carbocycles. The first kappa shape index (κ1) is 20.8. The number of rotatable bonds is 4. The third-order valence-corrected chi connectivity index (χ3v) is 6.45. The lowest BCUT2D eigenvalue weighted by Crippen LogP contribution is -2.45. The Morgan fingerprint density at radius 2 is 1.92 bits per heavy atom. The summed E-state index contributed by atoms with van der Waals surface area (Å²) in [4.78, 5) is 10.4. The average Bonchev–Trinajstić information content (AvgIpc) is 2.49. The molecule has 0 amide bonds. The Bertz CT molecular complexity index is 722. The van der Waals surface area contributed by atoms with E-state index in [9.17, 15) is 18.5 Å². The van der Waals surface area contributed by atoms with Crippen LogP contribution in [0.15, 0.2) is 17.0 Å². The van der Waals surface area contributed by atoms with Gasteiger partial charge in [-0.2, -0.15) is 4.31 Å². The Labute approximate surface area is 148 Å². The molecule has 0 aromatic heterocycles. The number of nitrogens with two attached hydrogens (primary N) is 1. The summed E-state index contributed by atoms with van der Waals surface area (Å²) in [5.74, 6) is 0.0733. The zero-order chi connectivity index (χ0) is 17.4. The summed E-state index contributed by atoms with van der Waals surface area (Å²) in [6, 6.07) is 2.62. The van der Waals surface area contributed by atoms with Crippen molar-refractivity contribution in [2.45, 2.75) is 44.6 Å². The molecule has 0 bridgehead atoms. The molecule has 0 radical (unpaired) electrons. The van der Waals surface area contributed by atoms with Gasteiger partial charge in [-0.1, -0.05) is 0 Å². The number of nitro groups is 1. The van der Waals surface area contributed by atoms with Crippen molar-refractivity contribution < 1.29 is 13.3 Å². The largest absolute Gasteiger partial charge is 0.328 e. The smallest absolute Gasteiger partial charge is 0.289 e. The lowest BCUT2D eigenvalue weighted by atomic mass is 9.93. The van der Waals surface area contributed by atoms with E-state index < -0.39 is 14.9 Å². The molecule has 24 heavy (non-hydrogen) atoms. The summed E-state index contributed by atoms with van der Waals surface area (Å²) in [6.07, 6.45) is 1.59. The Balaban J connectivity index is 0.00000288. The van der Waals surface area contributed by atoms with E-state index in [1.165, 1.54) is 16.4 Å². The predicted octanol–water partition coefficient (Wildman–Crippen LogP) is 2.38. The highest BCUT2D eigenvalue weighted by atomic mass is 35.5. The van der Waals surface area contributed by atoms with Crippen LogP contribution in [-0.4, -0.2) is 36.8 Å². The van der Waals surface area contributed by atoms with Crippen molar-refractivity contribution in [2.75, 3.05) is 13.1 Å². The number of piperidine rings is 1. The molecule has 2 atom stereocenters. The van der Waals surface area contributed by atoms with Crippen LogP contribution in [0.1, 0.15) is 30.9 Å². The molecule has 9 heteroatoms. The highest BCUT2D eigenvalue weighted by Gasteiger charge is 2.36. The van der Waals surface area contributed by atoms with Gasteiger partial charge in [0.2, 0.25) is 10.0 Å². The van der Waals surface area contributed by atoms with Crippen molar-refractivity contribution in [1.82, 2.24) is 4.31 Å². The van der Waals surface area contributed by atoms with Crippen molar-refractivity contribution >= 4 is 28.1 Å². The van der Waals surface area contributed by atoms with Gasteiger partial charge in [0.15, 0.2) is 4.90 Å². The Morgan fingerprint density at radius 1 is 1.33 bits per heavy atom. The zero-order valence-electron chi connectivity index (χ0n) is 14.1. The van der Waals surface area contributed by atoms with Crippen molar-refractivity contribution in [2.24, 2.45) is 11.7 Å². The van der Waals surface area contributed by atoms with Crippen LogP contribution in [-0.2, 0) is 10.0 Å². The van der Waals surface area contributed by atoms with E-state index in [2.05, 4.69) is 0 Å². The molecule has 136 valence electrons. The predicted molar refractivity (Wildman–Crippen MR) is 95.0 cm³/mol. The molecule has 1 saturated heterocycles. The topological polar surface area (TPSA) is 107 Å². The summed E-state index contributed by atoms with van der Waals surface area (Å²) < 4.78 is 27.2. The molecule has 1 heterocycles. The molecule has 2 unspecified atom stereocenters. The number of sulfonamides is 1. The minimum absolute atomic E-state index is 0. The maximum atomic E-state index is 12.9. The van der Waals surface area contributed by atoms with Gasteiger partial charge < -0.3 is 5.73 Å². The number of nitro benzene ring substituents is 1. The van der Waals surface area contributed by atoms with Crippen LogP contribution in [0, 0.1) is 29.9 Å². The summed E-state index contributed by atoms with van der Waals surface area (Å²) in [5, 5.41) is 11.3. The third kappa shape index (κ3) is 4.05. The van der Waals surface area contributed by atoms with Gasteiger partial charge >= 0.3 is 0 Å². The highest BCUT2D eigenvalue weighted by Crippen LogP contribution is 2.32. The monoisotopic (exact) mass is 377 g/mol. The first-order chi connectivity index (χ1) is 10.6. The summed E-state index contributed by atoms with van der Waals surface area (Å²) in [7, 11) is -3.91. The molecule has 1 aromatic carbocycles. The summed E-state index contributed by atoms with van der Waals surface area (Å²) in [5.41, 5.74) is 6.95. The van der Waals surface area contributed by atoms with Gasteiger partial charge in [0.05, 0.1) is 4.92 Å². The van der Waals surface area contributed by atoms with E-state index in [0.717, 1.165) is 12.0 Å². The van der Waals surface area contributed by atoms with Crippen LogP contribution in [0.3, 0.4) is 0 Å². The molecular weight excluding hydrogens is 354 g/mol. The number of hydrogen-bond donors (Lipinski definition) is 1. The van der Waals surface area contributed by atoms with Gasteiger partial charge in [-0.05, 0) is 56.7 Å². The first-order valence-corrected chi connectivity index (χ1v) is 9.10. The minimum Gasteiger partial charge on any atom is -0.328 e. The van der Waals surface area contributed by atoms with E-state index in [4.69, 9.17) is 5.73 Å². The van der Waals surface area contributed by atoms with Crippen molar-refractivity contribution in [3.8, 4) is 0 Å². The van der Waals surface area contributed by atoms with Gasteiger partial charge in [-0.25, -0.2) is 8.42 Å². The highest BCUT2D eigenvalue weighted by molar-refractivity contribution is 7.89. The van der Waals surface area contributed by atoms with Crippen molar-refractivity contribution in [1.29, 1.82) is 0 Å². The van der Waals surface area contributed by atoms with E-state index >= 15 is 0 Å². The SMILES string of the molecule is Cc1cc([N+](=O)[O-])c(S(=O)(=O)N2CCCC(C(C)N)C2)cc1C.Cl. The minimum atomic E-state index is -3.91. The van der Waals surface area contributed by atoms with E-state index in [1.54, 1.807) is 13.8 Å². The molecule has 2 N–H and O–H groups in total. The lowest BCUT2D eigenvalue weighted by molar-refractivity contribution is -0.387. The molecule has 2 rings (SSSR count). The molecule has 0 aliphatic carbocycles. The van der Waals surface area contributed by atoms with E-state index in [0.29, 0.717) is 25.1 Å². The molecule has 1 aromatic rings. The van der Waals surface area contributed by atoms with Crippen LogP contribution >= 0.6 is 12.4 Å². The quantitative estimate of drug-likeness (QED) is 0.640. The zero-order valence-corrected chi connectivity index (χ0v) is 15.7. The maximum absolute atomic E-state index is 12.9. The maximum Gasteiger partial charge on any atom is 0.289 e. The second kappa shape index (κ2) is 7.77. The standard InChI is InChI=1S/C15H23N3O4S.ClH/c1-10-7-14(18(19)20)15(8-11(10)2)23(21,22)17-6-4-5-13(9-17)12(3)16;/h7-8,12-13H,4-6,9,16H2,1-3H3;1H. The molecule has 7 nitrogen and oxygen atoms in total. The fraction of sp³-hybridized carbons (Fsp3) is 0.600. The number of hydrogen-bond acceptors (Lipinski definition) is 5. The summed E-state index contributed by atoms with van der Waals surface area (Å²) in [6.45, 7) is 6.02. The van der Waals surface area contributed by atoms with Crippen molar-refractivity contribution in [3.05, 3.63) is 33.4 Å². The van der Waals surface area contributed by atoms with Crippen LogP contribution in [0.25, 0.3) is 0 Å². The van der Waals surface area contributed by atoms with E-state index in [1.807, 2.05) is 6.92 Å².